The summed E-state index contributed by atoms with van der Waals surface area (Å²) in [6.07, 6.45) is 7.28. The minimum absolute atomic E-state index is 0.572. The molecule has 1 aliphatic carbocycles. The zero-order valence-corrected chi connectivity index (χ0v) is 13.1. The molecule has 6 heteroatoms. The Morgan fingerprint density at radius 1 is 1.45 bits per heavy atom. The molecule has 0 saturated heterocycles. The van der Waals surface area contributed by atoms with Crippen molar-refractivity contribution in [1.29, 1.82) is 0 Å². The molecule has 0 radical (unpaired) electrons. The molecule has 1 aliphatic rings. The third-order valence-electron chi connectivity index (χ3n) is 3.46. The Hall–Kier alpha value is -1.40. The van der Waals surface area contributed by atoms with E-state index in [1.54, 1.807) is 16.9 Å². The van der Waals surface area contributed by atoms with Gasteiger partial charge in [-0.15, -0.1) is 11.3 Å². The van der Waals surface area contributed by atoms with Crippen molar-refractivity contribution >= 4 is 33.7 Å². The molecule has 2 aromatic rings. The minimum atomic E-state index is 0.572. The zero-order valence-electron chi connectivity index (χ0n) is 11.5. The number of anilines is 2. The largest absolute Gasteiger partial charge is 0.382 e. The molecule has 3 rings (SSSR count). The lowest BCUT2D eigenvalue weighted by Gasteiger charge is -2.06. The first-order valence-electron chi connectivity index (χ1n) is 6.83. The maximum Gasteiger partial charge on any atom is 0.148 e. The van der Waals surface area contributed by atoms with Crippen LogP contribution >= 0.6 is 22.9 Å². The molecule has 0 spiro atoms. The van der Waals surface area contributed by atoms with Crippen molar-refractivity contribution in [2.24, 2.45) is 0 Å². The molecule has 0 atom stereocenters. The van der Waals surface area contributed by atoms with E-state index < -0.39 is 0 Å². The normalized spacial score (nSPS) is 14.6. The molecular formula is C14H18N4S2. The number of aryl methyl sites for hydroxylation is 1. The lowest BCUT2D eigenvalue weighted by atomic mass is 10.1. The number of allylic oxidation sites excluding steroid dienone is 1. The van der Waals surface area contributed by atoms with E-state index in [0.717, 1.165) is 34.2 Å². The highest BCUT2D eigenvalue weighted by Gasteiger charge is 2.16. The monoisotopic (exact) mass is 306 g/mol. The summed E-state index contributed by atoms with van der Waals surface area (Å²) in [5, 5.41) is 7.59. The highest BCUT2D eigenvalue weighted by Crippen LogP contribution is 2.37. The second-order valence-corrected chi connectivity index (χ2v) is 6.79. The number of nitrogens with zero attached hydrogens (tertiary/aromatic N) is 2. The molecular weight excluding hydrogens is 288 g/mol. The van der Waals surface area contributed by atoms with Gasteiger partial charge in [-0.3, -0.25) is 0 Å². The second-order valence-electron chi connectivity index (χ2n) is 4.96. The van der Waals surface area contributed by atoms with Crippen molar-refractivity contribution in [2.45, 2.75) is 32.6 Å². The van der Waals surface area contributed by atoms with Gasteiger partial charge in [-0.25, -0.2) is 4.98 Å². The summed E-state index contributed by atoms with van der Waals surface area (Å²) >= 11 is 3.06. The van der Waals surface area contributed by atoms with E-state index in [2.05, 4.69) is 20.8 Å². The Morgan fingerprint density at radius 2 is 2.35 bits per heavy atom. The standard InChI is InChI=1S/C14H18N4S2/c1-9-17-11(8-19-9)12-13(15)18-20-14(12)16-7-6-10-4-2-3-5-10/h4,8,16H,2-3,5-7H2,1H3,(H2,15,18). The van der Waals surface area contributed by atoms with Crippen LogP contribution in [0.5, 0.6) is 0 Å². The Balaban J connectivity index is 1.70. The van der Waals surface area contributed by atoms with Crippen LogP contribution in [-0.2, 0) is 0 Å². The molecule has 106 valence electrons. The van der Waals surface area contributed by atoms with Crippen LogP contribution in [-0.4, -0.2) is 15.9 Å². The van der Waals surface area contributed by atoms with Gasteiger partial charge >= 0.3 is 0 Å². The van der Waals surface area contributed by atoms with E-state index >= 15 is 0 Å². The molecule has 4 nitrogen and oxygen atoms in total. The topological polar surface area (TPSA) is 63.8 Å². The van der Waals surface area contributed by atoms with Gasteiger partial charge in [0, 0.05) is 11.9 Å². The number of hydrogen-bond acceptors (Lipinski definition) is 6. The third kappa shape index (κ3) is 2.86. The van der Waals surface area contributed by atoms with Crippen LogP contribution in [0, 0.1) is 6.92 Å². The van der Waals surface area contributed by atoms with Crippen LogP contribution in [0.1, 0.15) is 30.7 Å². The average molecular weight is 306 g/mol. The van der Waals surface area contributed by atoms with E-state index in [9.17, 15) is 0 Å². The van der Waals surface area contributed by atoms with Gasteiger partial charge in [-0.05, 0) is 44.1 Å². The SMILES string of the molecule is Cc1nc(-c2c(N)nsc2NCCC2=CCCC2)cs1. The predicted octanol–water partition coefficient (Wildman–Crippen LogP) is 4.07. The summed E-state index contributed by atoms with van der Waals surface area (Å²) in [7, 11) is 0. The molecule has 0 aliphatic heterocycles. The van der Waals surface area contributed by atoms with E-state index in [1.807, 2.05) is 12.3 Å². The fourth-order valence-corrected chi connectivity index (χ4v) is 3.80. The van der Waals surface area contributed by atoms with Crippen LogP contribution in [0.3, 0.4) is 0 Å². The van der Waals surface area contributed by atoms with Crippen LogP contribution in [0.4, 0.5) is 10.8 Å². The number of nitrogens with two attached hydrogens (primary N) is 1. The van der Waals surface area contributed by atoms with E-state index in [-0.39, 0.29) is 0 Å². The van der Waals surface area contributed by atoms with Gasteiger partial charge in [0.05, 0.1) is 16.3 Å². The van der Waals surface area contributed by atoms with E-state index in [4.69, 9.17) is 5.73 Å². The second kappa shape index (κ2) is 5.93. The summed E-state index contributed by atoms with van der Waals surface area (Å²) in [5.41, 5.74) is 9.45. The van der Waals surface area contributed by atoms with Gasteiger partial charge in [-0.1, -0.05) is 11.6 Å². The van der Waals surface area contributed by atoms with E-state index in [1.165, 1.54) is 30.8 Å². The van der Waals surface area contributed by atoms with Crippen molar-refractivity contribution in [2.75, 3.05) is 17.6 Å². The number of hydrogen-bond donors (Lipinski definition) is 2. The van der Waals surface area contributed by atoms with Crippen molar-refractivity contribution in [1.82, 2.24) is 9.36 Å². The lowest BCUT2D eigenvalue weighted by molar-refractivity contribution is 0.864. The first kappa shape index (κ1) is 13.6. The Morgan fingerprint density at radius 3 is 3.05 bits per heavy atom. The summed E-state index contributed by atoms with van der Waals surface area (Å²) in [5.74, 6) is 0.572. The van der Waals surface area contributed by atoms with Gasteiger partial charge in [0.15, 0.2) is 0 Å². The number of nitrogen functional groups attached to an aromatic ring is 1. The molecule has 0 amide bonds. The first-order valence-corrected chi connectivity index (χ1v) is 8.49. The fourth-order valence-electron chi connectivity index (χ4n) is 2.45. The average Bonchev–Trinajstić information content (AvgIpc) is 3.12. The maximum atomic E-state index is 5.99. The zero-order chi connectivity index (χ0) is 13.9. The number of rotatable bonds is 5. The van der Waals surface area contributed by atoms with Crippen LogP contribution < -0.4 is 11.1 Å². The molecule has 0 aromatic carbocycles. The van der Waals surface area contributed by atoms with Gasteiger partial charge in [0.25, 0.3) is 0 Å². The summed E-state index contributed by atoms with van der Waals surface area (Å²) in [6, 6.07) is 0. The van der Waals surface area contributed by atoms with Crippen molar-refractivity contribution < 1.29 is 0 Å². The van der Waals surface area contributed by atoms with Crippen molar-refractivity contribution in [3.63, 3.8) is 0 Å². The molecule has 0 unspecified atom stereocenters. The van der Waals surface area contributed by atoms with Gasteiger partial charge in [0.1, 0.15) is 10.8 Å². The van der Waals surface area contributed by atoms with Gasteiger partial charge in [0.2, 0.25) is 0 Å². The molecule has 2 aromatic heterocycles. The van der Waals surface area contributed by atoms with Crippen LogP contribution in [0.25, 0.3) is 11.3 Å². The number of nitrogens with one attached hydrogen (secondary N) is 1. The maximum absolute atomic E-state index is 5.99. The quantitative estimate of drug-likeness (QED) is 0.817. The van der Waals surface area contributed by atoms with Crippen molar-refractivity contribution in [3.05, 3.63) is 22.0 Å². The lowest BCUT2D eigenvalue weighted by Crippen LogP contribution is -2.02. The van der Waals surface area contributed by atoms with Crippen LogP contribution in [0.2, 0.25) is 0 Å². The van der Waals surface area contributed by atoms with Gasteiger partial charge in [-0.2, -0.15) is 4.37 Å². The predicted molar refractivity (Wildman–Crippen MR) is 87.4 cm³/mol. The third-order valence-corrected chi connectivity index (χ3v) is 5.05. The molecule has 2 heterocycles. The summed E-state index contributed by atoms with van der Waals surface area (Å²) < 4.78 is 4.26. The Bertz CT molecular complexity index is 627. The molecule has 20 heavy (non-hydrogen) atoms. The van der Waals surface area contributed by atoms with E-state index in [0.29, 0.717) is 5.82 Å². The highest BCUT2D eigenvalue weighted by molar-refractivity contribution is 7.11. The Kier molecular flexibility index (Phi) is 4.03. The molecule has 3 N–H and O–H groups in total. The minimum Gasteiger partial charge on any atom is -0.382 e. The summed E-state index contributed by atoms with van der Waals surface area (Å²) in [6.45, 7) is 2.94. The smallest absolute Gasteiger partial charge is 0.148 e. The van der Waals surface area contributed by atoms with Crippen molar-refractivity contribution in [3.8, 4) is 11.3 Å². The van der Waals surface area contributed by atoms with Gasteiger partial charge < -0.3 is 11.1 Å². The fraction of sp³-hybridized carbons (Fsp3) is 0.429. The first-order chi connectivity index (χ1) is 9.74. The van der Waals surface area contributed by atoms with Crippen LogP contribution in [0.15, 0.2) is 17.0 Å². The number of thiazole rings is 1. The highest BCUT2D eigenvalue weighted by atomic mass is 32.1. The molecule has 0 saturated carbocycles. The molecule has 0 bridgehead atoms. The summed E-state index contributed by atoms with van der Waals surface area (Å²) in [4.78, 5) is 4.51. The molecule has 0 fully saturated rings. The Labute approximate surface area is 126 Å². The number of aromatic nitrogens is 2.